The summed E-state index contributed by atoms with van der Waals surface area (Å²) in [7, 11) is 0.893. The molecule has 2 aliphatic carbocycles. The number of allylic oxidation sites excluding steroid dienone is 2. The summed E-state index contributed by atoms with van der Waals surface area (Å²) < 4.78 is 0. The van der Waals surface area contributed by atoms with Crippen molar-refractivity contribution in [2.75, 3.05) is 0 Å². The zero-order valence-corrected chi connectivity index (χ0v) is 16.4. The fraction of sp³-hybridized carbons (Fsp3) is 0.200. The van der Waals surface area contributed by atoms with Crippen molar-refractivity contribution in [3.05, 3.63) is 81.9 Å². The number of benzene rings is 2. The van der Waals surface area contributed by atoms with Crippen molar-refractivity contribution in [1.82, 2.24) is 0 Å². The van der Waals surface area contributed by atoms with Crippen molar-refractivity contribution < 1.29 is 31.0 Å². The SMILES string of the molecule is Cc1ccc2c(c1)C([Si]C1C=Cc3ccc(C)cc31)C=C2.[H-].[Na+]. The topological polar surface area (TPSA) is 0 Å². The third kappa shape index (κ3) is 2.83. The molecule has 2 unspecified atom stereocenters. The van der Waals surface area contributed by atoms with Gasteiger partial charge in [-0.3, -0.25) is 0 Å². The zero-order valence-electron chi connectivity index (χ0n) is 14.4. The van der Waals surface area contributed by atoms with Crippen molar-refractivity contribution in [2.45, 2.75) is 24.9 Å². The molecule has 0 saturated carbocycles. The standard InChI is InChI=1S/C20H18Si.Na.H/c1-13-3-5-15-7-9-19(17(15)11-13)21-20-10-8-16-6-4-14(2)12-18(16)20;;/h3-12,19-20H,1-2H3;;/q;+1;-1. The van der Waals surface area contributed by atoms with Crippen molar-refractivity contribution in [1.29, 1.82) is 0 Å². The van der Waals surface area contributed by atoms with Crippen LogP contribution in [0.5, 0.6) is 0 Å². The van der Waals surface area contributed by atoms with E-state index in [1.807, 2.05) is 0 Å². The summed E-state index contributed by atoms with van der Waals surface area (Å²) in [5, 5.41) is 0. The van der Waals surface area contributed by atoms with Crippen LogP contribution in [0.15, 0.2) is 48.6 Å². The number of rotatable bonds is 2. The Kier molecular flexibility index (Phi) is 4.61. The van der Waals surface area contributed by atoms with Gasteiger partial charge < -0.3 is 1.43 Å². The molecular formula is C20H19NaSi. The van der Waals surface area contributed by atoms with E-state index in [1.54, 1.807) is 0 Å². The van der Waals surface area contributed by atoms with Crippen LogP contribution in [0, 0.1) is 13.8 Å². The summed E-state index contributed by atoms with van der Waals surface area (Å²) >= 11 is 0. The van der Waals surface area contributed by atoms with Crippen LogP contribution < -0.4 is 29.6 Å². The second-order valence-corrected chi connectivity index (χ2v) is 7.68. The molecule has 0 nitrogen and oxygen atoms in total. The van der Waals surface area contributed by atoms with E-state index in [0.717, 1.165) is 9.52 Å². The molecule has 0 saturated heterocycles. The van der Waals surface area contributed by atoms with E-state index in [-0.39, 0.29) is 31.0 Å². The Balaban J connectivity index is 0.000000960. The van der Waals surface area contributed by atoms with E-state index >= 15 is 0 Å². The molecular weight excluding hydrogens is 291 g/mol. The first-order valence-electron chi connectivity index (χ1n) is 7.54. The van der Waals surface area contributed by atoms with Crippen LogP contribution in [0.1, 0.15) is 45.9 Å². The van der Waals surface area contributed by atoms with Crippen molar-refractivity contribution in [3.63, 3.8) is 0 Å². The largest absolute Gasteiger partial charge is 1.00 e. The molecule has 22 heavy (non-hydrogen) atoms. The van der Waals surface area contributed by atoms with Crippen LogP contribution in [0.3, 0.4) is 0 Å². The Morgan fingerprint density at radius 2 is 1.23 bits per heavy atom. The van der Waals surface area contributed by atoms with Crippen molar-refractivity contribution in [3.8, 4) is 0 Å². The first-order valence-corrected chi connectivity index (χ1v) is 8.70. The number of hydrogen-bond donors (Lipinski definition) is 0. The molecule has 2 aromatic rings. The fourth-order valence-corrected chi connectivity index (χ4v) is 4.98. The number of aryl methyl sites for hydroxylation is 2. The van der Waals surface area contributed by atoms with Crippen LogP contribution in [0.2, 0.25) is 0 Å². The van der Waals surface area contributed by atoms with Crippen LogP contribution in [-0.2, 0) is 0 Å². The van der Waals surface area contributed by atoms with Gasteiger partial charge in [0.25, 0.3) is 0 Å². The molecule has 0 N–H and O–H groups in total. The molecule has 2 atom stereocenters. The second kappa shape index (κ2) is 6.33. The molecule has 104 valence electrons. The molecule has 2 aromatic carbocycles. The molecule has 0 heterocycles. The molecule has 0 spiro atoms. The van der Waals surface area contributed by atoms with E-state index in [4.69, 9.17) is 0 Å². The molecule has 0 amide bonds. The van der Waals surface area contributed by atoms with Gasteiger partial charge in [-0.25, -0.2) is 0 Å². The maximum atomic E-state index is 2.39. The molecule has 2 radical (unpaired) electrons. The monoisotopic (exact) mass is 310 g/mol. The van der Waals surface area contributed by atoms with Crippen LogP contribution >= 0.6 is 0 Å². The molecule has 2 heteroatoms. The fourth-order valence-electron chi connectivity index (χ4n) is 3.32. The van der Waals surface area contributed by atoms with Gasteiger partial charge in [0.05, 0.1) is 9.52 Å². The van der Waals surface area contributed by atoms with E-state index in [2.05, 4.69) is 74.5 Å². The van der Waals surface area contributed by atoms with Gasteiger partial charge in [0, 0.05) is 0 Å². The van der Waals surface area contributed by atoms with Crippen molar-refractivity contribution >= 4 is 21.7 Å². The average Bonchev–Trinajstić information content (AvgIpc) is 3.04. The smallest absolute Gasteiger partial charge is 1.00 e. The average molecular weight is 310 g/mol. The summed E-state index contributed by atoms with van der Waals surface area (Å²) in [5.74, 6) is 0. The summed E-state index contributed by atoms with van der Waals surface area (Å²) in [6.07, 6.45) is 9.37. The van der Waals surface area contributed by atoms with Gasteiger partial charge in [-0.2, -0.15) is 0 Å². The van der Waals surface area contributed by atoms with Crippen molar-refractivity contribution in [2.24, 2.45) is 0 Å². The zero-order chi connectivity index (χ0) is 14.4. The maximum absolute atomic E-state index is 2.39. The second-order valence-electron chi connectivity index (χ2n) is 6.10. The van der Waals surface area contributed by atoms with E-state index in [9.17, 15) is 0 Å². The Labute approximate surface area is 158 Å². The summed E-state index contributed by atoms with van der Waals surface area (Å²) in [6, 6.07) is 13.7. The third-order valence-electron chi connectivity index (χ3n) is 4.45. The first-order chi connectivity index (χ1) is 10.2. The van der Waals surface area contributed by atoms with Gasteiger partial charge in [-0.15, -0.1) is 0 Å². The van der Waals surface area contributed by atoms with Gasteiger partial charge in [0.2, 0.25) is 0 Å². The van der Waals surface area contributed by atoms with E-state index < -0.39 is 0 Å². The molecule has 4 rings (SSSR count). The van der Waals surface area contributed by atoms with Crippen LogP contribution in [0.25, 0.3) is 12.2 Å². The third-order valence-corrected chi connectivity index (χ3v) is 6.18. The normalized spacial score (nSPS) is 20.6. The Hall–Kier alpha value is -0.863. The van der Waals surface area contributed by atoms with Crippen LogP contribution in [0.4, 0.5) is 0 Å². The summed E-state index contributed by atoms with van der Waals surface area (Å²) in [6.45, 7) is 4.37. The Morgan fingerprint density at radius 1 is 0.773 bits per heavy atom. The Bertz CT molecular complexity index is 714. The van der Waals surface area contributed by atoms with Gasteiger partial charge in [0.15, 0.2) is 0 Å². The molecule has 0 aromatic heterocycles. The summed E-state index contributed by atoms with van der Waals surface area (Å²) in [5.41, 5.74) is 9.75. The molecule has 0 fully saturated rings. The van der Waals surface area contributed by atoms with E-state index in [0.29, 0.717) is 11.1 Å². The van der Waals surface area contributed by atoms with Gasteiger partial charge >= 0.3 is 29.6 Å². The number of hydrogen-bond acceptors (Lipinski definition) is 0. The van der Waals surface area contributed by atoms with Gasteiger partial charge in [-0.1, -0.05) is 71.8 Å². The minimum atomic E-state index is 0. The molecule has 0 bridgehead atoms. The van der Waals surface area contributed by atoms with Crippen LogP contribution in [-0.4, -0.2) is 9.52 Å². The molecule has 2 aliphatic rings. The maximum Gasteiger partial charge on any atom is 1.00 e. The quantitative estimate of drug-likeness (QED) is 0.744. The van der Waals surface area contributed by atoms with Gasteiger partial charge in [0.1, 0.15) is 0 Å². The molecule has 0 aliphatic heterocycles. The predicted molar refractivity (Wildman–Crippen MR) is 92.8 cm³/mol. The Morgan fingerprint density at radius 3 is 1.68 bits per heavy atom. The van der Waals surface area contributed by atoms with Gasteiger partial charge in [-0.05, 0) is 47.2 Å². The van der Waals surface area contributed by atoms with E-state index in [1.165, 1.54) is 33.4 Å². The summed E-state index contributed by atoms with van der Waals surface area (Å²) in [4.78, 5) is 0. The predicted octanol–water partition coefficient (Wildman–Crippen LogP) is 1.96. The minimum absolute atomic E-state index is 0. The minimum Gasteiger partial charge on any atom is -1.00 e. The first kappa shape index (κ1) is 16.0. The number of fused-ring (bicyclic) bond motifs is 2.